The number of ether oxygens (including phenoxy) is 1. The van der Waals surface area contributed by atoms with Gasteiger partial charge in [-0.3, -0.25) is 0 Å². The van der Waals surface area contributed by atoms with Crippen LogP contribution in [0.3, 0.4) is 0 Å². The summed E-state index contributed by atoms with van der Waals surface area (Å²) in [5.41, 5.74) is 2.86. The molecule has 0 aliphatic heterocycles. The standard InChI is InChI=1S/C21H28FN3O.HI/c1-4-23-21(25-14-19-10-5-6-11-20(19)22)24-13-17-8-7-9-18(12-17)15-26-16(2)3;/h5-12,16H,4,13-15H2,1-3H3,(H2,23,24,25);1H. The zero-order chi connectivity index (χ0) is 18.8. The van der Waals surface area contributed by atoms with Crippen LogP contribution in [0.2, 0.25) is 0 Å². The maximum Gasteiger partial charge on any atom is 0.191 e. The molecule has 0 aliphatic rings. The first-order valence-corrected chi connectivity index (χ1v) is 9.03. The van der Waals surface area contributed by atoms with Gasteiger partial charge in [-0.2, -0.15) is 0 Å². The third-order valence-corrected chi connectivity index (χ3v) is 3.74. The molecule has 148 valence electrons. The Balaban J connectivity index is 0.00000364. The fourth-order valence-corrected chi connectivity index (χ4v) is 2.41. The molecule has 0 saturated carbocycles. The molecule has 2 aromatic carbocycles. The number of nitrogens with one attached hydrogen (secondary N) is 2. The average Bonchev–Trinajstić information content (AvgIpc) is 2.64. The highest BCUT2D eigenvalue weighted by Gasteiger charge is 2.03. The van der Waals surface area contributed by atoms with Gasteiger partial charge in [-0.05, 0) is 38.0 Å². The second-order valence-corrected chi connectivity index (χ2v) is 6.32. The van der Waals surface area contributed by atoms with Crippen LogP contribution in [0.25, 0.3) is 0 Å². The molecule has 0 amide bonds. The molecule has 2 N–H and O–H groups in total. The van der Waals surface area contributed by atoms with Crippen molar-refractivity contribution in [3.63, 3.8) is 0 Å². The van der Waals surface area contributed by atoms with Crippen molar-refractivity contribution in [1.82, 2.24) is 10.6 Å². The molecule has 4 nitrogen and oxygen atoms in total. The van der Waals surface area contributed by atoms with Gasteiger partial charge in [0.1, 0.15) is 5.82 Å². The van der Waals surface area contributed by atoms with Gasteiger partial charge < -0.3 is 15.4 Å². The molecule has 0 heterocycles. The van der Waals surface area contributed by atoms with E-state index in [1.54, 1.807) is 12.1 Å². The Morgan fingerprint density at radius 3 is 2.52 bits per heavy atom. The Morgan fingerprint density at radius 2 is 1.81 bits per heavy atom. The zero-order valence-corrected chi connectivity index (χ0v) is 18.5. The molecule has 0 fully saturated rings. The summed E-state index contributed by atoms with van der Waals surface area (Å²) in [6.45, 7) is 8.33. The van der Waals surface area contributed by atoms with Crippen LogP contribution in [0.1, 0.15) is 37.5 Å². The lowest BCUT2D eigenvalue weighted by atomic mass is 10.1. The normalized spacial score (nSPS) is 11.2. The van der Waals surface area contributed by atoms with Crippen LogP contribution in [0.5, 0.6) is 0 Å². The third kappa shape index (κ3) is 8.71. The Morgan fingerprint density at radius 1 is 1.07 bits per heavy atom. The number of hydrogen-bond acceptors (Lipinski definition) is 2. The van der Waals surface area contributed by atoms with E-state index in [1.807, 2.05) is 39.0 Å². The van der Waals surface area contributed by atoms with Crippen molar-refractivity contribution < 1.29 is 9.13 Å². The van der Waals surface area contributed by atoms with Crippen LogP contribution in [0.15, 0.2) is 53.5 Å². The first-order chi connectivity index (χ1) is 12.6. The lowest BCUT2D eigenvalue weighted by Crippen LogP contribution is -2.37. The zero-order valence-electron chi connectivity index (χ0n) is 16.2. The number of halogens is 2. The summed E-state index contributed by atoms with van der Waals surface area (Å²) in [6.07, 6.45) is 0.208. The first kappa shape index (κ1) is 23.4. The molecule has 0 radical (unpaired) electrons. The smallest absolute Gasteiger partial charge is 0.191 e. The van der Waals surface area contributed by atoms with E-state index in [2.05, 4.69) is 27.8 Å². The van der Waals surface area contributed by atoms with Crippen LogP contribution in [0.4, 0.5) is 4.39 Å². The van der Waals surface area contributed by atoms with E-state index in [0.717, 1.165) is 17.7 Å². The Bertz CT molecular complexity index is 722. The molecule has 0 aromatic heterocycles. The fourth-order valence-electron chi connectivity index (χ4n) is 2.41. The first-order valence-electron chi connectivity index (χ1n) is 9.03. The fraction of sp³-hybridized carbons (Fsp3) is 0.381. The minimum atomic E-state index is -0.214. The Kier molecular flexibility index (Phi) is 11.0. The number of hydrogen-bond donors (Lipinski definition) is 2. The van der Waals surface area contributed by atoms with Crippen LogP contribution in [-0.4, -0.2) is 18.6 Å². The second kappa shape index (κ2) is 12.7. The van der Waals surface area contributed by atoms with Crippen molar-refractivity contribution in [3.8, 4) is 0 Å². The Labute approximate surface area is 178 Å². The molecule has 2 aromatic rings. The van der Waals surface area contributed by atoms with Gasteiger partial charge in [0.2, 0.25) is 0 Å². The third-order valence-electron chi connectivity index (χ3n) is 3.74. The topological polar surface area (TPSA) is 45.7 Å². The van der Waals surface area contributed by atoms with Gasteiger partial charge in [0.25, 0.3) is 0 Å². The van der Waals surface area contributed by atoms with Crippen LogP contribution in [0, 0.1) is 5.82 Å². The molecular weight excluding hydrogens is 456 g/mol. The molecule has 0 saturated heterocycles. The largest absolute Gasteiger partial charge is 0.374 e. The van der Waals surface area contributed by atoms with E-state index in [9.17, 15) is 4.39 Å². The number of aliphatic imine (C=N–C) groups is 1. The number of benzene rings is 2. The molecule has 0 bridgehead atoms. The van der Waals surface area contributed by atoms with Crippen molar-refractivity contribution in [2.24, 2.45) is 4.99 Å². The lowest BCUT2D eigenvalue weighted by molar-refractivity contribution is 0.0657. The van der Waals surface area contributed by atoms with Gasteiger partial charge in [-0.25, -0.2) is 9.38 Å². The van der Waals surface area contributed by atoms with E-state index in [-0.39, 0.29) is 35.9 Å². The van der Waals surface area contributed by atoms with Crippen molar-refractivity contribution in [3.05, 3.63) is 71.0 Å². The quantitative estimate of drug-likeness (QED) is 0.326. The lowest BCUT2D eigenvalue weighted by Gasteiger charge is -2.12. The van der Waals surface area contributed by atoms with Crippen LogP contribution in [-0.2, 0) is 24.4 Å². The summed E-state index contributed by atoms with van der Waals surface area (Å²) >= 11 is 0. The highest BCUT2D eigenvalue weighted by Crippen LogP contribution is 2.09. The summed E-state index contributed by atoms with van der Waals surface area (Å²) in [6, 6.07) is 15.0. The monoisotopic (exact) mass is 485 g/mol. The van der Waals surface area contributed by atoms with Crippen molar-refractivity contribution in [2.75, 3.05) is 6.54 Å². The van der Waals surface area contributed by atoms with E-state index in [0.29, 0.717) is 31.2 Å². The summed E-state index contributed by atoms with van der Waals surface area (Å²) < 4.78 is 19.4. The molecular formula is C21H29FIN3O. The van der Waals surface area contributed by atoms with Crippen molar-refractivity contribution in [2.45, 2.75) is 46.6 Å². The predicted octanol–water partition coefficient (Wildman–Crippen LogP) is 4.62. The molecule has 0 spiro atoms. The van der Waals surface area contributed by atoms with Crippen molar-refractivity contribution in [1.29, 1.82) is 0 Å². The number of rotatable bonds is 8. The summed E-state index contributed by atoms with van der Waals surface area (Å²) in [4.78, 5) is 4.60. The molecule has 0 aliphatic carbocycles. The molecule has 2 rings (SSSR count). The highest BCUT2D eigenvalue weighted by molar-refractivity contribution is 14.0. The molecule has 27 heavy (non-hydrogen) atoms. The van der Waals surface area contributed by atoms with Gasteiger partial charge in [-0.15, -0.1) is 24.0 Å². The van der Waals surface area contributed by atoms with E-state index in [4.69, 9.17) is 4.74 Å². The molecule has 0 atom stereocenters. The van der Waals surface area contributed by atoms with Gasteiger partial charge >= 0.3 is 0 Å². The van der Waals surface area contributed by atoms with Crippen LogP contribution < -0.4 is 10.6 Å². The average molecular weight is 485 g/mol. The SMILES string of the molecule is CCNC(=NCc1cccc(COC(C)C)c1)NCc1ccccc1F.I. The number of guanidine groups is 1. The van der Waals surface area contributed by atoms with Crippen LogP contribution >= 0.6 is 24.0 Å². The second-order valence-electron chi connectivity index (χ2n) is 6.32. The minimum absolute atomic E-state index is 0. The maximum atomic E-state index is 13.7. The van der Waals surface area contributed by atoms with E-state index >= 15 is 0 Å². The van der Waals surface area contributed by atoms with E-state index in [1.165, 1.54) is 6.07 Å². The van der Waals surface area contributed by atoms with Gasteiger partial charge in [0.05, 0.1) is 19.3 Å². The predicted molar refractivity (Wildman–Crippen MR) is 120 cm³/mol. The Hall–Kier alpha value is -1.67. The summed E-state index contributed by atoms with van der Waals surface area (Å²) in [5, 5.41) is 6.37. The van der Waals surface area contributed by atoms with Gasteiger partial charge in [0, 0.05) is 18.7 Å². The maximum absolute atomic E-state index is 13.7. The number of nitrogens with zero attached hydrogens (tertiary/aromatic N) is 1. The minimum Gasteiger partial charge on any atom is -0.374 e. The van der Waals surface area contributed by atoms with E-state index < -0.39 is 0 Å². The highest BCUT2D eigenvalue weighted by atomic mass is 127. The summed E-state index contributed by atoms with van der Waals surface area (Å²) in [7, 11) is 0. The van der Waals surface area contributed by atoms with Crippen molar-refractivity contribution >= 4 is 29.9 Å². The molecule has 0 unspecified atom stereocenters. The summed E-state index contributed by atoms with van der Waals surface area (Å²) in [5.74, 6) is 0.452. The van der Waals surface area contributed by atoms with Gasteiger partial charge in [-0.1, -0.05) is 42.5 Å². The van der Waals surface area contributed by atoms with Gasteiger partial charge in [0.15, 0.2) is 5.96 Å². The molecule has 6 heteroatoms.